The van der Waals surface area contributed by atoms with Gasteiger partial charge in [-0.2, -0.15) is 0 Å². The fraction of sp³-hybridized carbons (Fsp3) is 0.400. The first-order chi connectivity index (χ1) is 20.8. The predicted molar refractivity (Wildman–Crippen MR) is 175 cm³/mol. The summed E-state index contributed by atoms with van der Waals surface area (Å²) in [6.07, 6.45) is 1.20. The van der Waals surface area contributed by atoms with Gasteiger partial charge in [0.15, 0.2) is 0 Å². The fourth-order valence-corrected chi connectivity index (χ4v) is 9.66. The number of nitrogens with zero attached hydrogens (tertiary/aromatic N) is 2. The zero-order valence-corrected chi connectivity index (χ0v) is 27.6. The van der Waals surface area contributed by atoms with E-state index < -0.39 is 43.4 Å². The maximum absolute atomic E-state index is 13.4. The summed E-state index contributed by atoms with van der Waals surface area (Å²) in [5.41, 5.74) is 0.821. The Morgan fingerprint density at radius 2 is 1.30 bits per heavy atom. The van der Waals surface area contributed by atoms with Crippen LogP contribution >= 0.6 is 0 Å². The van der Waals surface area contributed by atoms with Crippen molar-refractivity contribution in [1.82, 2.24) is 9.80 Å². The number of rotatable bonds is 14. The molecule has 0 aliphatic heterocycles. The number of hydrogen-bond donors (Lipinski definition) is 2. The van der Waals surface area contributed by atoms with Crippen LogP contribution in [0.2, 0.25) is 5.04 Å². The largest absolute Gasteiger partial charge is 0.480 e. The van der Waals surface area contributed by atoms with Crippen LogP contribution in [0.25, 0.3) is 0 Å². The molecule has 0 aliphatic carbocycles. The summed E-state index contributed by atoms with van der Waals surface area (Å²) < 4.78 is 5.36. The van der Waals surface area contributed by atoms with Crippen molar-refractivity contribution in [3.05, 3.63) is 96.6 Å². The Labute approximate surface area is 262 Å². The average Bonchev–Trinajstić information content (AvgIpc) is 3.03. The second-order valence-corrected chi connectivity index (χ2v) is 16.2. The molecule has 0 aliphatic rings. The van der Waals surface area contributed by atoms with Gasteiger partial charge in [-0.25, -0.2) is 9.59 Å². The Balaban J connectivity index is 1.66. The Morgan fingerprint density at radius 3 is 1.77 bits per heavy atom. The molecule has 3 aromatic rings. The minimum absolute atomic E-state index is 0.0679. The number of amides is 2. The normalized spacial score (nSPS) is 13.8. The molecule has 0 fully saturated rings. The van der Waals surface area contributed by atoms with Gasteiger partial charge in [0.2, 0.25) is 5.91 Å². The summed E-state index contributed by atoms with van der Waals surface area (Å²) in [5, 5.41) is 11.5. The monoisotopic (exact) mass is 618 g/mol. The van der Waals surface area contributed by atoms with Gasteiger partial charge in [0, 0.05) is 14.1 Å². The van der Waals surface area contributed by atoms with Crippen LogP contribution in [-0.4, -0.2) is 72.2 Å². The third-order valence-corrected chi connectivity index (χ3v) is 13.4. The number of carbonyl (C=O) groups excluding carboxylic acids is 2. The molecule has 3 aromatic carbocycles. The van der Waals surface area contributed by atoms with Crippen LogP contribution in [0.15, 0.2) is 91.0 Å². The van der Waals surface area contributed by atoms with E-state index in [1.807, 2.05) is 97.9 Å². The van der Waals surface area contributed by atoms with Crippen LogP contribution in [0.1, 0.15) is 52.5 Å². The molecular weight excluding hydrogens is 572 g/mol. The van der Waals surface area contributed by atoms with E-state index in [1.165, 1.54) is 23.9 Å². The molecule has 0 saturated heterocycles. The van der Waals surface area contributed by atoms with Crippen molar-refractivity contribution in [2.24, 2.45) is 5.92 Å². The minimum Gasteiger partial charge on any atom is -0.480 e. The molecule has 9 heteroatoms. The van der Waals surface area contributed by atoms with Crippen molar-refractivity contribution >= 4 is 36.7 Å². The zero-order chi connectivity index (χ0) is 32.5. The van der Waals surface area contributed by atoms with Gasteiger partial charge in [-0.05, 0) is 46.7 Å². The molecule has 0 aromatic heterocycles. The summed E-state index contributed by atoms with van der Waals surface area (Å²) in [5.74, 6) is -1.96. The number of likely N-dealkylation sites (N-methyl/N-ethyl adjacent to an activating group) is 2. The van der Waals surface area contributed by atoms with E-state index in [4.69, 9.17) is 4.74 Å². The third-order valence-electron chi connectivity index (χ3n) is 8.81. The highest BCUT2D eigenvalue weighted by Gasteiger charge is 2.49. The highest BCUT2D eigenvalue weighted by atomic mass is 28.4. The van der Waals surface area contributed by atoms with Gasteiger partial charge in [-0.3, -0.25) is 9.69 Å². The standard InChI is InChI=1S/C35H46N2O6Si/c1-26(17-16-24-35(3,4)44(42,29-20-12-8-13-21-29)30-22-14-9-15-23-30)31(33(39)40)37(6)32(38)27(2)36(5)34(41)43-25-28-18-10-7-11-19-28/h7-15,18-23,26-27,31,42H,16-17,24-25H2,1-6H3,(H,39,40)/t26-,27-,31+/m1/s1. The Kier molecular flexibility index (Phi) is 11.9. The number of aliphatic carboxylic acids is 1. The van der Waals surface area contributed by atoms with E-state index in [-0.39, 0.29) is 12.5 Å². The fourth-order valence-electron chi connectivity index (χ4n) is 5.88. The number of ether oxygens (including phenoxy) is 1. The van der Waals surface area contributed by atoms with Gasteiger partial charge in [-0.15, -0.1) is 0 Å². The van der Waals surface area contributed by atoms with Gasteiger partial charge in [-0.1, -0.05) is 118 Å². The van der Waals surface area contributed by atoms with Crippen LogP contribution in [0.3, 0.4) is 0 Å². The number of carboxylic acids is 1. The zero-order valence-electron chi connectivity index (χ0n) is 26.6. The van der Waals surface area contributed by atoms with Crippen LogP contribution in [0.5, 0.6) is 0 Å². The predicted octanol–water partition coefficient (Wildman–Crippen LogP) is 4.89. The van der Waals surface area contributed by atoms with Gasteiger partial charge < -0.3 is 19.5 Å². The molecule has 44 heavy (non-hydrogen) atoms. The van der Waals surface area contributed by atoms with E-state index in [0.717, 1.165) is 15.9 Å². The van der Waals surface area contributed by atoms with Crippen LogP contribution in [0, 0.1) is 5.92 Å². The van der Waals surface area contributed by atoms with Crippen molar-refractivity contribution in [2.75, 3.05) is 14.1 Å². The SMILES string of the molecule is C[C@H](CCCC(C)(C)[Si](O)(c1ccccc1)c1ccccc1)[C@@H](C(=O)O)N(C)C(=O)[C@@H](C)N(C)C(=O)OCc1ccccc1. The molecule has 236 valence electrons. The summed E-state index contributed by atoms with van der Waals surface area (Å²) >= 11 is 0. The van der Waals surface area contributed by atoms with Crippen LogP contribution < -0.4 is 10.4 Å². The number of hydrogen-bond acceptors (Lipinski definition) is 5. The molecule has 0 saturated carbocycles. The van der Waals surface area contributed by atoms with Crippen molar-refractivity contribution in [1.29, 1.82) is 0 Å². The molecule has 3 atom stereocenters. The van der Waals surface area contributed by atoms with Gasteiger partial charge in [0.05, 0.1) is 0 Å². The van der Waals surface area contributed by atoms with Crippen molar-refractivity contribution in [3.63, 3.8) is 0 Å². The molecular formula is C35H46N2O6Si. The van der Waals surface area contributed by atoms with Crippen LogP contribution in [-0.2, 0) is 20.9 Å². The van der Waals surface area contributed by atoms with Crippen molar-refractivity contribution < 1.29 is 29.0 Å². The third kappa shape index (κ3) is 7.95. The van der Waals surface area contributed by atoms with E-state index in [0.29, 0.717) is 19.3 Å². The van der Waals surface area contributed by atoms with E-state index >= 15 is 0 Å². The Morgan fingerprint density at radius 1 is 0.818 bits per heavy atom. The lowest BCUT2D eigenvalue weighted by molar-refractivity contribution is -0.153. The molecule has 0 heterocycles. The second-order valence-electron chi connectivity index (χ2n) is 12.3. The Bertz CT molecular complexity index is 1330. The van der Waals surface area contributed by atoms with E-state index in [9.17, 15) is 24.3 Å². The van der Waals surface area contributed by atoms with Gasteiger partial charge in [0.25, 0.3) is 8.32 Å². The van der Waals surface area contributed by atoms with Gasteiger partial charge in [0.1, 0.15) is 18.7 Å². The lowest BCUT2D eigenvalue weighted by Gasteiger charge is -2.41. The molecule has 0 radical (unpaired) electrons. The topological polar surface area (TPSA) is 107 Å². The molecule has 0 spiro atoms. The van der Waals surface area contributed by atoms with Crippen molar-refractivity contribution in [3.8, 4) is 0 Å². The summed E-state index contributed by atoms with van der Waals surface area (Å²) in [6, 6.07) is 26.8. The molecule has 2 amide bonds. The molecule has 0 unspecified atom stereocenters. The quantitative estimate of drug-likeness (QED) is 0.249. The number of carboxylic acid groups (broad SMARTS) is 1. The van der Waals surface area contributed by atoms with Crippen molar-refractivity contribution in [2.45, 2.75) is 70.7 Å². The summed E-state index contributed by atoms with van der Waals surface area (Å²) in [6.45, 7) is 7.63. The first-order valence-corrected chi connectivity index (χ1v) is 17.0. The Hall–Kier alpha value is -3.95. The lowest BCUT2D eigenvalue weighted by atomic mass is 9.92. The average molecular weight is 619 g/mol. The maximum Gasteiger partial charge on any atom is 0.410 e. The highest BCUT2D eigenvalue weighted by Crippen LogP contribution is 2.40. The highest BCUT2D eigenvalue weighted by molar-refractivity contribution is 6.98. The number of benzene rings is 3. The first-order valence-electron chi connectivity index (χ1n) is 15.1. The minimum atomic E-state index is -3.19. The smallest absolute Gasteiger partial charge is 0.410 e. The van der Waals surface area contributed by atoms with Gasteiger partial charge >= 0.3 is 12.1 Å². The lowest BCUT2D eigenvalue weighted by Crippen LogP contribution is -2.65. The molecule has 2 N–H and O–H groups in total. The van der Waals surface area contributed by atoms with E-state index in [2.05, 4.69) is 13.8 Å². The molecule has 8 nitrogen and oxygen atoms in total. The molecule has 0 bridgehead atoms. The molecule has 3 rings (SSSR count). The van der Waals surface area contributed by atoms with Crippen LogP contribution in [0.4, 0.5) is 4.79 Å². The first kappa shape index (κ1) is 34.5. The summed E-state index contributed by atoms with van der Waals surface area (Å²) in [7, 11) is -0.249. The second kappa shape index (κ2) is 15.2. The maximum atomic E-state index is 13.4. The van der Waals surface area contributed by atoms with E-state index in [1.54, 1.807) is 6.92 Å². The summed E-state index contributed by atoms with van der Waals surface area (Å²) in [4.78, 5) is 53.3. The number of carbonyl (C=O) groups is 3.